The van der Waals surface area contributed by atoms with Crippen LogP contribution in [0, 0.1) is 0 Å². The van der Waals surface area contributed by atoms with Crippen molar-refractivity contribution in [3.63, 3.8) is 0 Å². The lowest BCUT2D eigenvalue weighted by molar-refractivity contribution is -0.112. The van der Waals surface area contributed by atoms with Crippen LogP contribution in [-0.2, 0) is 4.79 Å². The molecule has 0 radical (unpaired) electrons. The number of amides is 1. The Bertz CT molecular complexity index is 321. The molecule has 0 heterocycles. The van der Waals surface area contributed by atoms with Crippen molar-refractivity contribution in [2.75, 3.05) is 11.1 Å². The fourth-order valence-corrected chi connectivity index (χ4v) is 1.49. The van der Waals surface area contributed by atoms with Crippen molar-refractivity contribution in [3.05, 3.63) is 41.8 Å². The molecule has 14 heavy (non-hydrogen) atoms. The number of rotatable bonds is 4. The smallest absolute Gasteiger partial charge is 0.261 e. The normalized spacial score (nSPS) is 9.50. The molecule has 0 bridgehead atoms. The summed E-state index contributed by atoms with van der Waals surface area (Å²) in [5.41, 5.74) is 0.801. The molecular formula is C11H13NOS. The SMILES string of the molecule is C=C(SCC)C(=O)Nc1ccccc1. The van der Waals surface area contributed by atoms with Gasteiger partial charge in [0.05, 0.1) is 4.91 Å². The monoisotopic (exact) mass is 207 g/mol. The van der Waals surface area contributed by atoms with E-state index >= 15 is 0 Å². The molecule has 74 valence electrons. The van der Waals surface area contributed by atoms with E-state index in [4.69, 9.17) is 0 Å². The van der Waals surface area contributed by atoms with Crippen LogP contribution in [0.3, 0.4) is 0 Å². The van der Waals surface area contributed by atoms with Gasteiger partial charge in [0, 0.05) is 5.69 Å². The van der Waals surface area contributed by atoms with Gasteiger partial charge in [0.2, 0.25) is 0 Å². The second kappa shape index (κ2) is 5.50. The van der Waals surface area contributed by atoms with E-state index < -0.39 is 0 Å². The van der Waals surface area contributed by atoms with Crippen LogP contribution in [-0.4, -0.2) is 11.7 Å². The molecule has 0 aliphatic heterocycles. The fraction of sp³-hybridized carbons (Fsp3) is 0.182. The van der Waals surface area contributed by atoms with Gasteiger partial charge in [-0.3, -0.25) is 4.79 Å². The van der Waals surface area contributed by atoms with Crippen LogP contribution >= 0.6 is 11.8 Å². The zero-order valence-electron chi connectivity index (χ0n) is 8.12. The molecule has 0 unspecified atom stereocenters. The van der Waals surface area contributed by atoms with Crippen LogP contribution in [0.15, 0.2) is 41.8 Å². The minimum Gasteiger partial charge on any atom is -0.322 e. The molecule has 0 aliphatic carbocycles. The summed E-state index contributed by atoms with van der Waals surface area (Å²) < 4.78 is 0. The maximum absolute atomic E-state index is 11.5. The van der Waals surface area contributed by atoms with Crippen LogP contribution in [0.1, 0.15) is 6.92 Å². The van der Waals surface area contributed by atoms with E-state index in [1.807, 2.05) is 37.3 Å². The van der Waals surface area contributed by atoms with Crippen LogP contribution in [0.5, 0.6) is 0 Å². The highest BCUT2D eigenvalue weighted by atomic mass is 32.2. The highest BCUT2D eigenvalue weighted by molar-refractivity contribution is 8.03. The Labute approximate surface area is 88.4 Å². The maximum atomic E-state index is 11.5. The van der Waals surface area contributed by atoms with Crippen LogP contribution in [0.4, 0.5) is 5.69 Å². The van der Waals surface area contributed by atoms with E-state index in [1.165, 1.54) is 11.8 Å². The Kier molecular flexibility index (Phi) is 4.26. The molecule has 1 N–H and O–H groups in total. The lowest BCUT2D eigenvalue weighted by Gasteiger charge is -2.05. The largest absolute Gasteiger partial charge is 0.322 e. The Morgan fingerprint density at radius 1 is 1.43 bits per heavy atom. The van der Waals surface area contributed by atoms with E-state index in [-0.39, 0.29) is 5.91 Å². The molecular weight excluding hydrogens is 194 g/mol. The highest BCUT2D eigenvalue weighted by Gasteiger charge is 2.05. The summed E-state index contributed by atoms with van der Waals surface area (Å²) in [7, 11) is 0. The van der Waals surface area contributed by atoms with E-state index in [1.54, 1.807) is 0 Å². The quantitative estimate of drug-likeness (QED) is 0.769. The number of nitrogens with one attached hydrogen (secondary N) is 1. The van der Waals surface area contributed by atoms with Crippen molar-refractivity contribution in [2.45, 2.75) is 6.92 Å². The molecule has 0 fully saturated rings. The van der Waals surface area contributed by atoms with Crippen molar-refractivity contribution < 1.29 is 4.79 Å². The standard InChI is InChI=1S/C11H13NOS/c1-3-14-9(2)11(13)12-10-7-5-4-6-8-10/h4-8H,2-3H2,1H3,(H,12,13). The number of carbonyl (C=O) groups excluding carboxylic acids is 1. The summed E-state index contributed by atoms with van der Waals surface area (Å²) in [6.45, 7) is 5.68. The first-order valence-electron chi connectivity index (χ1n) is 4.42. The number of hydrogen-bond donors (Lipinski definition) is 1. The van der Waals surface area contributed by atoms with E-state index in [2.05, 4.69) is 11.9 Å². The third-order valence-corrected chi connectivity index (χ3v) is 2.43. The van der Waals surface area contributed by atoms with Crippen LogP contribution in [0.2, 0.25) is 0 Å². The van der Waals surface area contributed by atoms with Gasteiger partial charge in [-0.05, 0) is 17.9 Å². The molecule has 0 atom stereocenters. The van der Waals surface area contributed by atoms with Gasteiger partial charge in [-0.25, -0.2) is 0 Å². The Morgan fingerprint density at radius 2 is 2.07 bits per heavy atom. The summed E-state index contributed by atoms with van der Waals surface area (Å²) >= 11 is 1.45. The van der Waals surface area contributed by atoms with Crippen LogP contribution < -0.4 is 5.32 Å². The molecule has 1 rings (SSSR count). The van der Waals surface area contributed by atoms with Gasteiger partial charge in [0.25, 0.3) is 5.91 Å². The summed E-state index contributed by atoms with van der Waals surface area (Å²) in [6, 6.07) is 9.37. The van der Waals surface area contributed by atoms with Gasteiger partial charge in [-0.1, -0.05) is 31.7 Å². The number of benzene rings is 1. The number of para-hydroxylation sites is 1. The van der Waals surface area contributed by atoms with Gasteiger partial charge >= 0.3 is 0 Å². The molecule has 1 amide bonds. The number of thioether (sulfide) groups is 1. The van der Waals surface area contributed by atoms with Gasteiger partial charge < -0.3 is 5.32 Å². The van der Waals surface area contributed by atoms with Crippen LogP contribution in [0.25, 0.3) is 0 Å². The lowest BCUT2D eigenvalue weighted by Crippen LogP contribution is -2.11. The van der Waals surface area contributed by atoms with Gasteiger partial charge in [0.1, 0.15) is 0 Å². The fourth-order valence-electron chi connectivity index (χ4n) is 0.962. The molecule has 1 aromatic carbocycles. The average Bonchev–Trinajstić information content (AvgIpc) is 2.19. The number of hydrogen-bond acceptors (Lipinski definition) is 2. The van der Waals surface area contributed by atoms with Gasteiger partial charge in [-0.15, -0.1) is 11.8 Å². The molecule has 0 saturated heterocycles. The summed E-state index contributed by atoms with van der Waals surface area (Å²) in [5.74, 6) is 0.740. The lowest BCUT2D eigenvalue weighted by atomic mass is 10.3. The Morgan fingerprint density at radius 3 is 2.64 bits per heavy atom. The van der Waals surface area contributed by atoms with Gasteiger partial charge in [-0.2, -0.15) is 0 Å². The highest BCUT2D eigenvalue weighted by Crippen LogP contribution is 2.15. The molecule has 2 nitrogen and oxygen atoms in total. The van der Waals surface area contributed by atoms with E-state index in [0.717, 1.165) is 11.4 Å². The first-order chi connectivity index (χ1) is 6.74. The van der Waals surface area contributed by atoms with E-state index in [0.29, 0.717) is 4.91 Å². The minimum absolute atomic E-state index is 0.122. The number of carbonyl (C=O) groups is 1. The Balaban J connectivity index is 2.53. The summed E-state index contributed by atoms with van der Waals surface area (Å²) in [5, 5.41) is 2.77. The van der Waals surface area contributed by atoms with Gasteiger partial charge in [0.15, 0.2) is 0 Å². The van der Waals surface area contributed by atoms with Crippen molar-refractivity contribution in [1.29, 1.82) is 0 Å². The molecule has 1 aromatic rings. The molecule has 0 aromatic heterocycles. The average molecular weight is 207 g/mol. The third kappa shape index (κ3) is 3.26. The zero-order chi connectivity index (χ0) is 10.4. The predicted molar refractivity (Wildman–Crippen MR) is 62.3 cm³/mol. The van der Waals surface area contributed by atoms with Crippen molar-refractivity contribution >= 4 is 23.4 Å². The summed E-state index contributed by atoms with van der Waals surface area (Å²) in [4.78, 5) is 12.0. The van der Waals surface area contributed by atoms with Crippen molar-refractivity contribution in [3.8, 4) is 0 Å². The first-order valence-corrected chi connectivity index (χ1v) is 5.40. The van der Waals surface area contributed by atoms with Crippen molar-refractivity contribution in [2.24, 2.45) is 0 Å². The second-order valence-electron chi connectivity index (χ2n) is 2.68. The molecule has 3 heteroatoms. The molecule has 0 spiro atoms. The number of anilines is 1. The molecule has 0 saturated carbocycles. The topological polar surface area (TPSA) is 29.1 Å². The molecule has 0 aliphatic rings. The third-order valence-electron chi connectivity index (χ3n) is 1.60. The second-order valence-corrected chi connectivity index (χ2v) is 4.04. The zero-order valence-corrected chi connectivity index (χ0v) is 8.93. The van der Waals surface area contributed by atoms with Crippen molar-refractivity contribution in [1.82, 2.24) is 0 Å². The Hall–Kier alpha value is -1.22. The minimum atomic E-state index is -0.122. The first kappa shape index (κ1) is 10.9. The maximum Gasteiger partial charge on any atom is 0.261 e. The van der Waals surface area contributed by atoms with E-state index in [9.17, 15) is 4.79 Å². The predicted octanol–water partition coefficient (Wildman–Crippen LogP) is 2.89. The summed E-state index contributed by atoms with van der Waals surface area (Å²) in [6.07, 6.45) is 0.